The van der Waals surface area contributed by atoms with Gasteiger partial charge in [0.2, 0.25) is 0 Å². The third kappa shape index (κ3) is 2.30. The van der Waals surface area contributed by atoms with Crippen molar-refractivity contribution < 1.29 is 0 Å². The van der Waals surface area contributed by atoms with Gasteiger partial charge in [-0.1, -0.05) is 13.3 Å². The van der Waals surface area contributed by atoms with Gasteiger partial charge in [0.1, 0.15) is 0 Å². The first-order valence-electron chi connectivity index (χ1n) is 8.49. The maximum absolute atomic E-state index is 4.24. The molecule has 3 heteroatoms. The van der Waals surface area contributed by atoms with Gasteiger partial charge in [0.15, 0.2) is 0 Å². The van der Waals surface area contributed by atoms with E-state index in [2.05, 4.69) is 27.6 Å². The number of nitrogens with zero attached hydrogens (tertiary/aromatic N) is 3. The molecule has 0 spiro atoms. The number of likely N-dealkylation sites (tertiary alicyclic amines) is 1. The summed E-state index contributed by atoms with van der Waals surface area (Å²) in [6.45, 7) is 6.30. The molecule has 3 aliphatic rings. The third-order valence-electron chi connectivity index (χ3n) is 6.29. The second kappa shape index (κ2) is 5.18. The number of hydrogen-bond acceptors (Lipinski definition) is 2. The van der Waals surface area contributed by atoms with Crippen LogP contribution in [-0.2, 0) is 0 Å². The summed E-state index contributed by atoms with van der Waals surface area (Å²) in [6, 6.07) is 0.629. The number of hydrogen-bond donors (Lipinski definition) is 0. The average molecular weight is 273 g/mol. The summed E-state index contributed by atoms with van der Waals surface area (Å²) in [5.74, 6) is 3.93. The van der Waals surface area contributed by atoms with Crippen LogP contribution in [0.5, 0.6) is 0 Å². The molecule has 2 aliphatic carbocycles. The first-order chi connectivity index (χ1) is 9.79. The number of fused-ring (bicyclic) bond motifs is 2. The summed E-state index contributed by atoms with van der Waals surface area (Å²) in [4.78, 5) is 6.98. The van der Waals surface area contributed by atoms with Gasteiger partial charge in [-0.05, 0) is 55.9 Å². The van der Waals surface area contributed by atoms with Crippen LogP contribution in [0.4, 0.5) is 0 Å². The van der Waals surface area contributed by atoms with E-state index in [0.29, 0.717) is 6.04 Å². The average Bonchev–Trinajstić information content (AvgIpc) is 3.17. The summed E-state index contributed by atoms with van der Waals surface area (Å²) in [5, 5.41) is 0. The lowest BCUT2D eigenvalue weighted by Crippen LogP contribution is -2.43. The third-order valence-corrected chi connectivity index (χ3v) is 6.29. The lowest BCUT2D eigenvalue weighted by molar-refractivity contribution is 0.103. The molecule has 5 atom stereocenters. The molecule has 3 nitrogen and oxygen atoms in total. The Morgan fingerprint density at radius 3 is 2.85 bits per heavy atom. The minimum Gasteiger partial charge on any atom is -0.333 e. The van der Waals surface area contributed by atoms with Gasteiger partial charge in [0.05, 0.1) is 6.33 Å². The van der Waals surface area contributed by atoms with Gasteiger partial charge in [-0.25, -0.2) is 4.98 Å². The highest BCUT2D eigenvalue weighted by Crippen LogP contribution is 2.48. The number of aromatic nitrogens is 2. The highest BCUT2D eigenvalue weighted by Gasteiger charge is 2.40. The van der Waals surface area contributed by atoms with Crippen LogP contribution in [0.25, 0.3) is 0 Å². The highest BCUT2D eigenvalue weighted by molar-refractivity contribution is 4.93. The molecule has 1 aromatic rings. The summed E-state index contributed by atoms with van der Waals surface area (Å²) in [6.07, 6.45) is 13.5. The highest BCUT2D eigenvalue weighted by atomic mass is 15.2. The van der Waals surface area contributed by atoms with Crippen LogP contribution in [0.1, 0.15) is 45.1 Å². The number of rotatable bonds is 3. The van der Waals surface area contributed by atoms with Crippen LogP contribution in [0.2, 0.25) is 0 Å². The molecule has 2 saturated carbocycles. The lowest BCUT2D eigenvalue weighted by Gasteiger charge is -2.39. The smallest absolute Gasteiger partial charge is 0.0949 e. The van der Waals surface area contributed by atoms with Gasteiger partial charge in [-0.2, -0.15) is 0 Å². The van der Waals surface area contributed by atoms with Crippen LogP contribution < -0.4 is 0 Å². The van der Waals surface area contributed by atoms with E-state index >= 15 is 0 Å². The lowest BCUT2D eigenvalue weighted by atomic mass is 9.87. The van der Waals surface area contributed by atoms with Gasteiger partial charge in [0, 0.05) is 31.5 Å². The Morgan fingerprint density at radius 2 is 2.15 bits per heavy atom. The van der Waals surface area contributed by atoms with Crippen molar-refractivity contribution in [1.82, 2.24) is 14.5 Å². The fourth-order valence-corrected chi connectivity index (χ4v) is 5.07. The molecule has 4 rings (SSSR count). The molecule has 2 heterocycles. The number of piperidine rings is 1. The fraction of sp³-hybridized carbons (Fsp3) is 0.824. The second-order valence-corrected chi connectivity index (χ2v) is 7.54. The van der Waals surface area contributed by atoms with Crippen LogP contribution in [0.3, 0.4) is 0 Å². The predicted molar refractivity (Wildman–Crippen MR) is 80.4 cm³/mol. The Kier molecular flexibility index (Phi) is 3.33. The van der Waals surface area contributed by atoms with Crippen LogP contribution in [-0.4, -0.2) is 34.1 Å². The Balaban J connectivity index is 1.40. The SMILES string of the molecule is C[C@@H]1CCN(C[C@H]2C[C@H]3CC[C@H]2C3)C[C@H]1n1ccnc1. The maximum Gasteiger partial charge on any atom is 0.0949 e. The zero-order valence-corrected chi connectivity index (χ0v) is 12.6. The summed E-state index contributed by atoms with van der Waals surface area (Å²) in [5.41, 5.74) is 0. The predicted octanol–water partition coefficient (Wildman–Crippen LogP) is 3.20. The van der Waals surface area contributed by atoms with E-state index in [1.54, 1.807) is 6.42 Å². The van der Waals surface area contributed by atoms with Gasteiger partial charge in [-0.15, -0.1) is 0 Å². The van der Waals surface area contributed by atoms with Crippen molar-refractivity contribution in [3.8, 4) is 0 Å². The normalized spacial score (nSPS) is 41.4. The maximum atomic E-state index is 4.24. The minimum atomic E-state index is 0.629. The van der Waals surface area contributed by atoms with Crippen molar-refractivity contribution in [2.45, 2.75) is 45.1 Å². The van der Waals surface area contributed by atoms with Gasteiger partial charge < -0.3 is 9.47 Å². The molecule has 0 N–H and O–H groups in total. The van der Waals surface area contributed by atoms with E-state index in [0.717, 1.165) is 23.7 Å². The van der Waals surface area contributed by atoms with Crippen LogP contribution in [0.15, 0.2) is 18.7 Å². The van der Waals surface area contributed by atoms with E-state index in [4.69, 9.17) is 0 Å². The van der Waals surface area contributed by atoms with Crippen molar-refractivity contribution in [2.75, 3.05) is 19.6 Å². The first-order valence-corrected chi connectivity index (χ1v) is 8.49. The molecule has 0 unspecified atom stereocenters. The van der Waals surface area contributed by atoms with E-state index in [-0.39, 0.29) is 0 Å². The molecule has 0 aromatic carbocycles. The molecule has 3 fully saturated rings. The van der Waals surface area contributed by atoms with Crippen molar-refractivity contribution in [3.63, 3.8) is 0 Å². The van der Waals surface area contributed by atoms with E-state index in [9.17, 15) is 0 Å². The van der Waals surface area contributed by atoms with E-state index in [1.807, 2.05) is 12.5 Å². The molecule has 2 bridgehead atoms. The first kappa shape index (κ1) is 12.9. The molecular formula is C17H27N3. The zero-order chi connectivity index (χ0) is 13.5. The molecule has 0 amide bonds. The van der Waals surface area contributed by atoms with E-state index < -0.39 is 0 Å². The number of imidazole rings is 1. The molecule has 0 radical (unpaired) electrons. The molecule has 110 valence electrons. The van der Waals surface area contributed by atoms with Crippen LogP contribution >= 0.6 is 0 Å². The largest absolute Gasteiger partial charge is 0.333 e. The van der Waals surface area contributed by atoms with Gasteiger partial charge >= 0.3 is 0 Å². The van der Waals surface area contributed by atoms with Gasteiger partial charge in [-0.3, -0.25) is 0 Å². The monoisotopic (exact) mass is 273 g/mol. The van der Waals surface area contributed by atoms with Crippen molar-refractivity contribution in [2.24, 2.45) is 23.7 Å². The molecule has 1 aromatic heterocycles. The quantitative estimate of drug-likeness (QED) is 0.843. The fourth-order valence-electron chi connectivity index (χ4n) is 5.07. The van der Waals surface area contributed by atoms with Crippen molar-refractivity contribution >= 4 is 0 Å². The summed E-state index contributed by atoms with van der Waals surface area (Å²) >= 11 is 0. The Bertz CT molecular complexity index is 441. The van der Waals surface area contributed by atoms with Crippen molar-refractivity contribution in [3.05, 3.63) is 18.7 Å². The molecule has 20 heavy (non-hydrogen) atoms. The Morgan fingerprint density at radius 1 is 1.20 bits per heavy atom. The molecule has 1 saturated heterocycles. The second-order valence-electron chi connectivity index (χ2n) is 7.54. The minimum absolute atomic E-state index is 0.629. The Labute approximate surface area is 122 Å². The summed E-state index contributed by atoms with van der Waals surface area (Å²) < 4.78 is 2.33. The topological polar surface area (TPSA) is 21.1 Å². The summed E-state index contributed by atoms with van der Waals surface area (Å²) in [7, 11) is 0. The molecular weight excluding hydrogens is 246 g/mol. The van der Waals surface area contributed by atoms with E-state index in [1.165, 1.54) is 45.3 Å². The zero-order valence-electron chi connectivity index (χ0n) is 12.6. The van der Waals surface area contributed by atoms with Gasteiger partial charge in [0.25, 0.3) is 0 Å². The van der Waals surface area contributed by atoms with Crippen molar-refractivity contribution in [1.29, 1.82) is 0 Å². The standard InChI is InChI=1S/C17H27N3/c1-13-4-6-19(11-17(13)20-7-5-18-12-20)10-16-9-14-2-3-15(16)8-14/h5,7,12-17H,2-4,6,8-11H2,1H3/t13-,14+,15+,16-,17-/m1/s1. The Hall–Kier alpha value is -0.830. The van der Waals surface area contributed by atoms with Crippen LogP contribution in [0, 0.1) is 23.7 Å². The molecule has 1 aliphatic heterocycles.